The average molecular weight is 405 g/mol. The third kappa shape index (κ3) is 3.38. The molecular weight excluding hydrogens is 364 g/mol. The molecule has 0 heterocycles. The third-order valence-corrected chi connectivity index (χ3v) is 10.2. The maximum absolute atomic E-state index is 13.4. The third-order valence-electron chi connectivity index (χ3n) is 10.2. The second-order valence-corrected chi connectivity index (χ2v) is 11.4. The number of hydrogen-bond acceptors (Lipinski definition) is 4. The van der Waals surface area contributed by atoms with Crippen molar-refractivity contribution in [3.8, 4) is 0 Å². The van der Waals surface area contributed by atoms with E-state index in [-0.39, 0.29) is 28.8 Å². The fourth-order valence-corrected chi connectivity index (χ4v) is 8.53. The number of hydrogen-bond donors (Lipinski definition) is 1. The van der Waals surface area contributed by atoms with Crippen LogP contribution in [0.1, 0.15) is 85.0 Å². The van der Waals surface area contributed by atoms with Crippen LogP contribution >= 0.6 is 0 Å². The van der Waals surface area contributed by atoms with Gasteiger partial charge in [-0.05, 0) is 91.8 Å². The molecule has 4 fully saturated rings. The molecule has 4 heteroatoms. The molecule has 164 valence electrons. The van der Waals surface area contributed by atoms with Gasteiger partial charge in [0.1, 0.15) is 5.78 Å². The summed E-state index contributed by atoms with van der Waals surface area (Å²) in [6.45, 7) is 7.18. The van der Waals surface area contributed by atoms with E-state index in [1.54, 1.807) is 0 Å². The predicted molar refractivity (Wildman–Crippen MR) is 112 cm³/mol. The van der Waals surface area contributed by atoms with E-state index in [9.17, 15) is 14.7 Å². The Kier molecular flexibility index (Phi) is 5.63. The molecule has 1 unspecified atom stereocenters. The van der Waals surface area contributed by atoms with Crippen molar-refractivity contribution in [3.05, 3.63) is 0 Å². The van der Waals surface area contributed by atoms with Gasteiger partial charge in [0.25, 0.3) is 0 Å². The molecule has 4 saturated carbocycles. The summed E-state index contributed by atoms with van der Waals surface area (Å²) in [5, 5.41) is 10.2. The van der Waals surface area contributed by atoms with Crippen molar-refractivity contribution in [2.75, 3.05) is 7.11 Å². The monoisotopic (exact) mass is 404 g/mol. The average Bonchev–Trinajstić information content (AvgIpc) is 3.04. The first kappa shape index (κ1) is 21.3. The number of carbonyl (C=O) groups excluding carboxylic acids is 2. The minimum atomic E-state index is -0.210. The molecule has 4 aliphatic rings. The van der Waals surface area contributed by atoms with Crippen LogP contribution in [0.25, 0.3) is 0 Å². The molecule has 0 spiro atoms. The van der Waals surface area contributed by atoms with Crippen LogP contribution in [0, 0.1) is 46.3 Å². The van der Waals surface area contributed by atoms with Crippen molar-refractivity contribution >= 4 is 11.8 Å². The fourth-order valence-electron chi connectivity index (χ4n) is 8.53. The Morgan fingerprint density at radius 2 is 1.83 bits per heavy atom. The van der Waals surface area contributed by atoms with Crippen LogP contribution in [0.15, 0.2) is 0 Å². The Morgan fingerprint density at radius 1 is 1.14 bits per heavy atom. The molecule has 9 atom stereocenters. The maximum atomic E-state index is 13.4. The lowest BCUT2D eigenvalue weighted by atomic mass is 9.44. The quantitative estimate of drug-likeness (QED) is 0.685. The highest BCUT2D eigenvalue weighted by Gasteiger charge is 2.62. The number of rotatable bonds is 4. The molecule has 0 aromatic rings. The van der Waals surface area contributed by atoms with Gasteiger partial charge in [0, 0.05) is 18.8 Å². The minimum Gasteiger partial charge on any atom is -0.469 e. The van der Waals surface area contributed by atoms with E-state index >= 15 is 0 Å². The van der Waals surface area contributed by atoms with E-state index in [0.717, 1.165) is 32.1 Å². The molecule has 0 amide bonds. The number of methoxy groups -OCH3 is 1. The second kappa shape index (κ2) is 7.66. The van der Waals surface area contributed by atoms with Crippen molar-refractivity contribution < 1.29 is 19.4 Å². The zero-order valence-electron chi connectivity index (χ0n) is 18.8. The van der Waals surface area contributed by atoms with Crippen LogP contribution in [-0.2, 0) is 14.3 Å². The fraction of sp³-hybridized carbons (Fsp3) is 0.920. The smallest absolute Gasteiger partial charge is 0.305 e. The van der Waals surface area contributed by atoms with Crippen LogP contribution in [0.4, 0.5) is 0 Å². The summed E-state index contributed by atoms with van der Waals surface area (Å²) in [7, 11) is 1.47. The summed E-state index contributed by atoms with van der Waals surface area (Å²) in [4.78, 5) is 25.0. The lowest BCUT2D eigenvalue weighted by Gasteiger charge is -2.60. The van der Waals surface area contributed by atoms with E-state index < -0.39 is 0 Å². The highest BCUT2D eigenvalue weighted by molar-refractivity contribution is 5.83. The summed E-state index contributed by atoms with van der Waals surface area (Å²) in [6.07, 6.45) is 9.40. The number of carbonyl (C=O) groups is 2. The summed E-state index contributed by atoms with van der Waals surface area (Å²) >= 11 is 0. The van der Waals surface area contributed by atoms with Crippen molar-refractivity contribution in [1.29, 1.82) is 0 Å². The summed E-state index contributed by atoms with van der Waals surface area (Å²) < 4.78 is 4.85. The Morgan fingerprint density at radius 3 is 2.55 bits per heavy atom. The Balaban J connectivity index is 1.53. The van der Waals surface area contributed by atoms with E-state index in [4.69, 9.17) is 4.74 Å². The standard InChI is InChI=1S/C25H40O4/c1-15(5-8-22(28)29-4)18-6-7-19-23-20(10-12-25(18,19)3)24(2)11-9-17(26)13-16(24)14-21(23)27/h15-20,23,26H,5-14H2,1-4H3/t15-,16+,17-,18-,19?,20+,23+,24+,25-/m1/s1. The summed E-state index contributed by atoms with van der Waals surface area (Å²) in [5.74, 6) is 3.08. The predicted octanol–water partition coefficient (Wildman–Crippen LogP) is 4.77. The Labute approximate surface area is 176 Å². The topological polar surface area (TPSA) is 63.6 Å². The molecule has 4 aliphatic carbocycles. The van der Waals surface area contributed by atoms with Gasteiger partial charge < -0.3 is 9.84 Å². The molecule has 0 bridgehead atoms. The summed E-state index contributed by atoms with van der Waals surface area (Å²) in [5.41, 5.74) is 0.456. The van der Waals surface area contributed by atoms with Gasteiger partial charge in [-0.1, -0.05) is 20.8 Å². The lowest BCUT2D eigenvalue weighted by Crippen LogP contribution is -2.57. The molecular formula is C25H40O4. The zero-order valence-corrected chi connectivity index (χ0v) is 18.8. The highest BCUT2D eigenvalue weighted by atomic mass is 16.5. The molecule has 1 N–H and O–H groups in total. The minimum absolute atomic E-state index is 0.110. The molecule has 0 aliphatic heterocycles. The molecule has 0 radical (unpaired) electrons. The normalized spacial score (nSPS) is 47.7. The van der Waals surface area contributed by atoms with Crippen LogP contribution < -0.4 is 0 Å². The first-order chi connectivity index (χ1) is 13.7. The van der Waals surface area contributed by atoms with Gasteiger partial charge in [-0.15, -0.1) is 0 Å². The van der Waals surface area contributed by atoms with E-state index in [2.05, 4.69) is 20.8 Å². The van der Waals surface area contributed by atoms with E-state index in [1.807, 2.05) is 0 Å². The van der Waals surface area contributed by atoms with Gasteiger partial charge in [0.2, 0.25) is 0 Å². The Bertz CT molecular complexity index is 659. The Hall–Kier alpha value is -0.900. The van der Waals surface area contributed by atoms with E-state index in [0.29, 0.717) is 48.2 Å². The van der Waals surface area contributed by atoms with Crippen LogP contribution in [0.2, 0.25) is 0 Å². The molecule has 29 heavy (non-hydrogen) atoms. The van der Waals surface area contributed by atoms with Crippen molar-refractivity contribution in [3.63, 3.8) is 0 Å². The molecule has 4 rings (SSSR count). The van der Waals surface area contributed by atoms with Gasteiger partial charge in [0.15, 0.2) is 0 Å². The van der Waals surface area contributed by atoms with Crippen molar-refractivity contribution in [2.24, 2.45) is 46.3 Å². The number of fused-ring (bicyclic) bond motifs is 5. The second-order valence-electron chi connectivity index (χ2n) is 11.4. The number of aliphatic hydroxyl groups is 1. The largest absolute Gasteiger partial charge is 0.469 e. The first-order valence-electron chi connectivity index (χ1n) is 12.0. The maximum Gasteiger partial charge on any atom is 0.305 e. The molecule has 0 saturated heterocycles. The molecule has 0 aromatic heterocycles. The highest BCUT2D eigenvalue weighted by Crippen LogP contribution is 2.67. The molecule has 4 nitrogen and oxygen atoms in total. The number of ether oxygens (including phenoxy) is 1. The van der Waals surface area contributed by atoms with Crippen LogP contribution in [0.3, 0.4) is 0 Å². The van der Waals surface area contributed by atoms with Crippen LogP contribution in [-0.4, -0.2) is 30.1 Å². The van der Waals surface area contributed by atoms with Crippen LogP contribution in [0.5, 0.6) is 0 Å². The van der Waals surface area contributed by atoms with Crippen molar-refractivity contribution in [1.82, 2.24) is 0 Å². The van der Waals surface area contributed by atoms with Gasteiger partial charge in [0.05, 0.1) is 13.2 Å². The van der Waals surface area contributed by atoms with E-state index in [1.165, 1.54) is 26.4 Å². The molecule has 0 aromatic carbocycles. The number of esters is 1. The number of ketones is 1. The van der Waals surface area contributed by atoms with Gasteiger partial charge >= 0.3 is 5.97 Å². The van der Waals surface area contributed by atoms with Crippen molar-refractivity contribution in [2.45, 2.75) is 91.1 Å². The van der Waals surface area contributed by atoms with Gasteiger partial charge in [-0.3, -0.25) is 9.59 Å². The number of Topliss-reactive ketones (excluding diaryl/α,β-unsaturated/α-hetero) is 1. The van der Waals surface area contributed by atoms with Gasteiger partial charge in [-0.2, -0.15) is 0 Å². The first-order valence-corrected chi connectivity index (χ1v) is 12.0. The lowest BCUT2D eigenvalue weighted by molar-refractivity contribution is -0.160. The zero-order chi connectivity index (χ0) is 21.0. The SMILES string of the molecule is COC(=O)CC[C@@H](C)[C@H]1CCC2[C@@H]3C(=O)C[C@@H]4C[C@H](O)CC[C@]4(C)[C@H]3CC[C@@]21C. The number of aliphatic hydroxyl groups excluding tert-OH is 1. The van der Waals surface area contributed by atoms with Gasteiger partial charge in [-0.25, -0.2) is 0 Å². The summed E-state index contributed by atoms with van der Waals surface area (Å²) in [6, 6.07) is 0.